The van der Waals surface area contributed by atoms with Crippen molar-refractivity contribution in [2.45, 2.75) is 26.4 Å². The smallest absolute Gasteiger partial charge is 0.407 e. The van der Waals surface area contributed by atoms with E-state index in [0.717, 1.165) is 0 Å². The molecule has 1 N–H and O–H groups in total. The number of carbonyl (C=O) groups excluding carboxylic acids is 1. The summed E-state index contributed by atoms with van der Waals surface area (Å²) in [4.78, 5) is 26.4. The standard InChI is InChI=1S/C23H27N3O6/c1-23(2,3)32-22(27)25-10-12-31-14-13-30-11-6-7-18-15-19(17-24-16-18)20-8-4-5-9-21(20)26(28)29/h4-5,8-9,15-17H,10-14H2,1-3H3,(H,25,27). The molecule has 0 aliphatic carbocycles. The van der Waals surface area contributed by atoms with Gasteiger partial charge in [0.2, 0.25) is 0 Å². The summed E-state index contributed by atoms with van der Waals surface area (Å²) < 4.78 is 15.9. The number of nitrogens with zero attached hydrogens (tertiary/aromatic N) is 2. The van der Waals surface area contributed by atoms with Gasteiger partial charge in [-0.05, 0) is 32.9 Å². The van der Waals surface area contributed by atoms with Crippen LogP contribution in [0.4, 0.5) is 10.5 Å². The molecule has 0 saturated carbocycles. The van der Waals surface area contributed by atoms with Crippen LogP contribution in [0.1, 0.15) is 26.3 Å². The van der Waals surface area contributed by atoms with Crippen LogP contribution in [-0.2, 0) is 14.2 Å². The highest BCUT2D eigenvalue weighted by Gasteiger charge is 2.15. The average molecular weight is 441 g/mol. The second-order valence-electron chi connectivity index (χ2n) is 7.63. The molecule has 9 nitrogen and oxygen atoms in total. The molecule has 1 aromatic heterocycles. The minimum atomic E-state index is -0.531. The van der Waals surface area contributed by atoms with Gasteiger partial charge in [0, 0.05) is 36.1 Å². The zero-order valence-corrected chi connectivity index (χ0v) is 18.4. The van der Waals surface area contributed by atoms with Gasteiger partial charge in [-0.1, -0.05) is 24.0 Å². The van der Waals surface area contributed by atoms with E-state index < -0.39 is 16.6 Å². The highest BCUT2D eigenvalue weighted by molar-refractivity contribution is 5.73. The Morgan fingerprint density at radius 2 is 1.91 bits per heavy atom. The van der Waals surface area contributed by atoms with Gasteiger partial charge in [-0.3, -0.25) is 15.1 Å². The van der Waals surface area contributed by atoms with Crippen LogP contribution in [-0.4, -0.2) is 54.6 Å². The molecule has 0 fully saturated rings. The summed E-state index contributed by atoms with van der Waals surface area (Å²) in [6, 6.07) is 8.25. The van der Waals surface area contributed by atoms with E-state index in [2.05, 4.69) is 22.1 Å². The third-order valence-electron chi connectivity index (χ3n) is 3.84. The number of nitrogens with one attached hydrogen (secondary N) is 1. The van der Waals surface area contributed by atoms with Gasteiger partial charge in [0.1, 0.15) is 12.2 Å². The van der Waals surface area contributed by atoms with Crippen LogP contribution < -0.4 is 5.32 Å². The summed E-state index contributed by atoms with van der Waals surface area (Å²) in [6.07, 6.45) is 2.68. The van der Waals surface area contributed by atoms with Crippen molar-refractivity contribution in [3.8, 4) is 23.0 Å². The van der Waals surface area contributed by atoms with Crippen LogP contribution in [0.25, 0.3) is 11.1 Å². The highest BCUT2D eigenvalue weighted by atomic mass is 16.6. The number of aromatic nitrogens is 1. The number of ether oxygens (including phenoxy) is 3. The third-order valence-corrected chi connectivity index (χ3v) is 3.84. The number of amides is 1. The van der Waals surface area contributed by atoms with E-state index in [0.29, 0.717) is 43.1 Å². The molecule has 0 spiro atoms. The van der Waals surface area contributed by atoms with Crippen molar-refractivity contribution in [1.82, 2.24) is 10.3 Å². The lowest BCUT2D eigenvalue weighted by molar-refractivity contribution is -0.384. The second-order valence-corrected chi connectivity index (χ2v) is 7.63. The van der Waals surface area contributed by atoms with E-state index in [9.17, 15) is 14.9 Å². The maximum Gasteiger partial charge on any atom is 0.407 e. The SMILES string of the molecule is CC(C)(C)OC(=O)NCCOCCOCC#Cc1cncc(-c2ccccc2[N+](=O)[O-])c1. The zero-order valence-electron chi connectivity index (χ0n) is 18.4. The predicted octanol–water partition coefficient (Wildman–Crippen LogP) is 3.57. The van der Waals surface area contributed by atoms with Crippen molar-refractivity contribution in [1.29, 1.82) is 0 Å². The van der Waals surface area contributed by atoms with Crippen molar-refractivity contribution in [3.05, 3.63) is 58.4 Å². The molecular weight excluding hydrogens is 414 g/mol. The molecule has 32 heavy (non-hydrogen) atoms. The molecule has 0 bridgehead atoms. The van der Waals surface area contributed by atoms with Gasteiger partial charge in [-0.25, -0.2) is 4.79 Å². The Balaban J connectivity index is 1.69. The molecule has 9 heteroatoms. The third kappa shape index (κ3) is 9.12. The number of nitro groups is 1. The number of carbonyl (C=O) groups is 1. The van der Waals surface area contributed by atoms with Crippen molar-refractivity contribution in [2.24, 2.45) is 0 Å². The number of nitro benzene ring substituents is 1. The summed E-state index contributed by atoms with van der Waals surface area (Å²) in [5, 5.41) is 13.8. The van der Waals surface area contributed by atoms with Gasteiger partial charge in [0.05, 0.1) is 30.3 Å². The van der Waals surface area contributed by atoms with E-state index in [1.165, 1.54) is 6.07 Å². The number of rotatable bonds is 9. The lowest BCUT2D eigenvalue weighted by Crippen LogP contribution is -2.34. The fourth-order valence-electron chi connectivity index (χ4n) is 2.55. The largest absolute Gasteiger partial charge is 0.444 e. The molecule has 1 heterocycles. The topological polar surface area (TPSA) is 113 Å². The first-order valence-electron chi connectivity index (χ1n) is 10.1. The fraction of sp³-hybridized carbons (Fsp3) is 0.391. The number of alkyl carbamates (subject to hydrolysis) is 1. The van der Waals surface area contributed by atoms with Gasteiger partial charge in [-0.2, -0.15) is 0 Å². The van der Waals surface area contributed by atoms with E-state index in [1.54, 1.807) is 57.4 Å². The first kappa shape index (κ1) is 24.8. The van der Waals surface area contributed by atoms with E-state index >= 15 is 0 Å². The van der Waals surface area contributed by atoms with Crippen molar-refractivity contribution in [2.75, 3.05) is 33.0 Å². The lowest BCUT2D eigenvalue weighted by atomic mass is 10.0. The zero-order chi connectivity index (χ0) is 23.4. The Morgan fingerprint density at radius 3 is 2.66 bits per heavy atom. The van der Waals surface area contributed by atoms with Crippen molar-refractivity contribution < 1.29 is 23.9 Å². The van der Waals surface area contributed by atoms with Gasteiger partial charge in [0.25, 0.3) is 5.69 Å². The molecular formula is C23H27N3O6. The van der Waals surface area contributed by atoms with Crippen molar-refractivity contribution in [3.63, 3.8) is 0 Å². The molecule has 0 aliphatic heterocycles. The van der Waals surface area contributed by atoms with Crippen LogP contribution in [0.2, 0.25) is 0 Å². The summed E-state index contributed by atoms with van der Waals surface area (Å²) in [6.45, 7) is 7.01. The van der Waals surface area contributed by atoms with Crippen molar-refractivity contribution >= 4 is 11.8 Å². The van der Waals surface area contributed by atoms with Crippen LogP contribution in [0.3, 0.4) is 0 Å². The number of pyridine rings is 1. The van der Waals surface area contributed by atoms with Crippen LogP contribution >= 0.6 is 0 Å². The molecule has 2 rings (SSSR count). The summed E-state index contributed by atoms with van der Waals surface area (Å²) >= 11 is 0. The summed E-state index contributed by atoms with van der Waals surface area (Å²) in [5.41, 5.74) is 1.23. The molecule has 1 aromatic carbocycles. The minimum Gasteiger partial charge on any atom is -0.444 e. The molecule has 2 aromatic rings. The number of hydrogen-bond donors (Lipinski definition) is 1. The first-order chi connectivity index (χ1) is 15.3. The van der Waals surface area contributed by atoms with E-state index in [4.69, 9.17) is 14.2 Å². The Hall–Kier alpha value is -3.48. The monoisotopic (exact) mass is 441 g/mol. The predicted molar refractivity (Wildman–Crippen MR) is 119 cm³/mol. The fourth-order valence-corrected chi connectivity index (χ4v) is 2.55. The number of hydrogen-bond acceptors (Lipinski definition) is 7. The maximum absolute atomic E-state index is 11.5. The quantitative estimate of drug-likeness (QED) is 0.274. The second kappa shape index (κ2) is 12.4. The number of para-hydroxylation sites is 1. The molecule has 0 atom stereocenters. The molecule has 0 saturated heterocycles. The summed E-state index contributed by atoms with van der Waals surface area (Å²) in [5.74, 6) is 5.82. The van der Waals surface area contributed by atoms with Gasteiger partial charge in [-0.15, -0.1) is 0 Å². The maximum atomic E-state index is 11.5. The molecule has 0 radical (unpaired) electrons. The lowest BCUT2D eigenvalue weighted by Gasteiger charge is -2.19. The summed E-state index contributed by atoms with van der Waals surface area (Å²) in [7, 11) is 0. The Labute approximate surface area is 187 Å². The number of benzene rings is 1. The van der Waals surface area contributed by atoms with Crippen LogP contribution in [0, 0.1) is 22.0 Å². The molecule has 0 aliphatic rings. The Bertz CT molecular complexity index is 975. The van der Waals surface area contributed by atoms with Gasteiger partial charge < -0.3 is 19.5 Å². The minimum absolute atomic E-state index is 0.0176. The molecule has 0 unspecified atom stereocenters. The molecule has 170 valence electrons. The van der Waals surface area contributed by atoms with Crippen LogP contribution in [0.5, 0.6) is 0 Å². The Morgan fingerprint density at radius 1 is 1.16 bits per heavy atom. The highest BCUT2D eigenvalue weighted by Crippen LogP contribution is 2.29. The Kier molecular flexibility index (Phi) is 9.60. The first-order valence-corrected chi connectivity index (χ1v) is 10.1. The van der Waals surface area contributed by atoms with E-state index in [-0.39, 0.29) is 12.3 Å². The average Bonchev–Trinajstić information content (AvgIpc) is 2.74. The normalized spacial score (nSPS) is 10.7. The van der Waals surface area contributed by atoms with E-state index in [1.807, 2.05) is 0 Å². The van der Waals surface area contributed by atoms with Gasteiger partial charge >= 0.3 is 6.09 Å². The van der Waals surface area contributed by atoms with Gasteiger partial charge in [0.15, 0.2) is 0 Å². The van der Waals surface area contributed by atoms with Crippen LogP contribution in [0.15, 0.2) is 42.7 Å². The molecule has 1 amide bonds.